The van der Waals surface area contributed by atoms with Crippen LogP contribution < -0.4 is 0 Å². The van der Waals surface area contributed by atoms with Crippen molar-refractivity contribution in [1.82, 2.24) is 0 Å². The molecule has 0 bridgehead atoms. The molecule has 2 nitrogen and oxygen atoms in total. The number of hydrogen-bond donors (Lipinski definition) is 1. The second kappa shape index (κ2) is 8.79. The predicted molar refractivity (Wildman–Crippen MR) is 97.9 cm³/mol. The van der Waals surface area contributed by atoms with Crippen LogP contribution in [-0.2, 0) is 4.79 Å². The largest absolute Gasteiger partial charge is 0.478 e. The van der Waals surface area contributed by atoms with Crippen molar-refractivity contribution in [3.63, 3.8) is 0 Å². The highest BCUT2D eigenvalue weighted by Gasteiger charge is 2.31. The maximum absolute atomic E-state index is 13.5. The zero-order valence-corrected chi connectivity index (χ0v) is 15.2. The summed E-state index contributed by atoms with van der Waals surface area (Å²) in [5, 5.41) is 8.66. The van der Waals surface area contributed by atoms with Gasteiger partial charge in [-0.3, -0.25) is 0 Å². The van der Waals surface area contributed by atoms with E-state index in [1.165, 1.54) is 56.7 Å². The minimum Gasteiger partial charge on any atom is -0.478 e. The zero-order chi connectivity index (χ0) is 18.5. The molecule has 4 heteroatoms. The fraction of sp³-hybridized carbons (Fsp3) is 0.591. The minimum atomic E-state index is -0.864. The van der Waals surface area contributed by atoms with E-state index < -0.39 is 17.6 Å². The normalized spacial score (nSPS) is 29.8. The number of benzene rings is 1. The topological polar surface area (TPSA) is 37.3 Å². The summed E-state index contributed by atoms with van der Waals surface area (Å²) in [6, 6.07) is 4.35. The van der Waals surface area contributed by atoms with E-state index in [1.807, 2.05) is 0 Å². The lowest BCUT2D eigenvalue weighted by atomic mass is 9.68. The van der Waals surface area contributed by atoms with Crippen molar-refractivity contribution in [3.05, 3.63) is 47.5 Å². The van der Waals surface area contributed by atoms with E-state index in [9.17, 15) is 13.6 Å². The van der Waals surface area contributed by atoms with Crippen molar-refractivity contribution in [3.8, 4) is 0 Å². The molecular formula is C22H28F2O2. The number of carbonyl (C=O) groups is 1. The number of allylic oxidation sites excluding steroid dienone is 1. The van der Waals surface area contributed by atoms with Crippen LogP contribution in [0.3, 0.4) is 0 Å². The number of rotatable bonds is 5. The third-order valence-electron chi connectivity index (χ3n) is 6.47. The number of carboxylic acids is 1. The SMILES string of the molecule is O=C(O)/C=C/CC1CCC(C2CCC(c3ccc(F)c(F)c3)CC2)CC1. The van der Waals surface area contributed by atoms with Gasteiger partial charge in [0.1, 0.15) is 0 Å². The molecule has 1 N–H and O–H groups in total. The van der Waals surface area contributed by atoms with Gasteiger partial charge in [0.05, 0.1) is 0 Å². The molecule has 26 heavy (non-hydrogen) atoms. The molecule has 0 unspecified atom stereocenters. The first-order valence-electron chi connectivity index (χ1n) is 9.87. The van der Waals surface area contributed by atoms with Crippen LogP contribution in [0.25, 0.3) is 0 Å². The molecule has 0 radical (unpaired) electrons. The standard InChI is InChI=1S/C22H28F2O2/c23-20-13-12-19(14-21(20)24)18-10-8-17(9-11-18)16-6-4-15(5-7-16)2-1-3-22(25)26/h1,3,12-18H,2,4-11H2,(H,25,26)/b3-1+. The van der Waals surface area contributed by atoms with Gasteiger partial charge in [0.25, 0.3) is 0 Å². The third-order valence-corrected chi connectivity index (χ3v) is 6.47. The maximum atomic E-state index is 13.5. The van der Waals surface area contributed by atoms with Gasteiger partial charge in [0.15, 0.2) is 11.6 Å². The van der Waals surface area contributed by atoms with E-state index in [0.717, 1.165) is 36.7 Å². The number of aliphatic carboxylic acids is 1. The van der Waals surface area contributed by atoms with E-state index in [1.54, 1.807) is 12.1 Å². The molecule has 2 aliphatic carbocycles. The van der Waals surface area contributed by atoms with E-state index in [2.05, 4.69) is 0 Å². The van der Waals surface area contributed by atoms with Gasteiger partial charge in [0.2, 0.25) is 0 Å². The summed E-state index contributed by atoms with van der Waals surface area (Å²) in [6.45, 7) is 0. The molecule has 0 amide bonds. The van der Waals surface area contributed by atoms with Crippen LogP contribution in [0, 0.1) is 29.4 Å². The van der Waals surface area contributed by atoms with Crippen LogP contribution in [0.2, 0.25) is 0 Å². The van der Waals surface area contributed by atoms with Crippen LogP contribution in [0.1, 0.15) is 69.3 Å². The highest BCUT2D eigenvalue weighted by atomic mass is 19.2. The summed E-state index contributed by atoms with van der Waals surface area (Å²) in [5.41, 5.74) is 0.941. The Kier molecular flexibility index (Phi) is 6.44. The Bertz CT molecular complexity index is 640. The Morgan fingerprint density at radius 3 is 2.15 bits per heavy atom. The van der Waals surface area contributed by atoms with Crippen LogP contribution in [0.4, 0.5) is 8.78 Å². The first-order valence-corrected chi connectivity index (χ1v) is 9.87. The van der Waals surface area contributed by atoms with Gasteiger partial charge in [-0.1, -0.05) is 12.1 Å². The molecule has 2 saturated carbocycles. The predicted octanol–water partition coefficient (Wildman–Crippen LogP) is 6.08. The highest BCUT2D eigenvalue weighted by molar-refractivity contribution is 5.79. The average Bonchev–Trinajstić information content (AvgIpc) is 2.64. The molecule has 0 aliphatic heterocycles. The van der Waals surface area contributed by atoms with Crippen LogP contribution in [0.15, 0.2) is 30.4 Å². The lowest BCUT2D eigenvalue weighted by molar-refractivity contribution is -0.131. The fourth-order valence-electron chi connectivity index (χ4n) is 4.95. The lowest BCUT2D eigenvalue weighted by Crippen LogP contribution is -2.25. The third kappa shape index (κ3) is 4.93. The summed E-state index contributed by atoms with van der Waals surface area (Å²) < 4.78 is 26.6. The van der Waals surface area contributed by atoms with Crippen LogP contribution in [0.5, 0.6) is 0 Å². The molecule has 1 aromatic carbocycles. The first-order chi connectivity index (χ1) is 12.5. The van der Waals surface area contributed by atoms with Gasteiger partial charge < -0.3 is 5.11 Å². The number of halogens is 2. The van der Waals surface area contributed by atoms with Crippen LogP contribution >= 0.6 is 0 Å². The summed E-state index contributed by atoms with van der Waals surface area (Å²) in [5.74, 6) is 0.153. The molecule has 2 fully saturated rings. The van der Waals surface area contributed by atoms with Gasteiger partial charge in [-0.25, -0.2) is 13.6 Å². The zero-order valence-electron chi connectivity index (χ0n) is 15.2. The first kappa shape index (κ1) is 19.1. The van der Waals surface area contributed by atoms with Crippen molar-refractivity contribution in [2.75, 3.05) is 0 Å². The van der Waals surface area contributed by atoms with Crippen LogP contribution in [-0.4, -0.2) is 11.1 Å². The Balaban J connectivity index is 1.44. The van der Waals surface area contributed by atoms with Crippen molar-refractivity contribution >= 4 is 5.97 Å². The second-order valence-electron chi connectivity index (χ2n) is 8.04. The second-order valence-corrected chi connectivity index (χ2v) is 8.04. The van der Waals surface area contributed by atoms with Crippen molar-refractivity contribution in [2.45, 2.75) is 63.7 Å². The molecule has 1 aromatic rings. The van der Waals surface area contributed by atoms with Gasteiger partial charge in [-0.05, 0) is 99.2 Å². The molecule has 142 valence electrons. The molecule has 0 spiro atoms. The lowest BCUT2D eigenvalue weighted by Gasteiger charge is -2.38. The summed E-state index contributed by atoms with van der Waals surface area (Å²) >= 11 is 0. The summed E-state index contributed by atoms with van der Waals surface area (Å²) in [7, 11) is 0. The summed E-state index contributed by atoms with van der Waals surface area (Å²) in [6.07, 6.45) is 13.3. The molecule has 0 heterocycles. The minimum absolute atomic E-state index is 0.360. The Morgan fingerprint density at radius 2 is 1.58 bits per heavy atom. The monoisotopic (exact) mass is 362 g/mol. The molecule has 0 atom stereocenters. The Hall–Kier alpha value is -1.71. The quantitative estimate of drug-likeness (QED) is 0.645. The molecule has 0 saturated heterocycles. The molecule has 2 aliphatic rings. The molecule has 3 rings (SSSR count). The van der Waals surface area contributed by atoms with Gasteiger partial charge in [-0.2, -0.15) is 0 Å². The van der Waals surface area contributed by atoms with E-state index in [0.29, 0.717) is 11.8 Å². The van der Waals surface area contributed by atoms with Gasteiger partial charge in [-0.15, -0.1) is 0 Å². The van der Waals surface area contributed by atoms with Crippen molar-refractivity contribution in [2.24, 2.45) is 17.8 Å². The molecule has 0 aromatic heterocycles. The van der Waals surface area contributed by atoms with E-state index >= 15 is 0 Å². The highest BCUT2D eigenvalue weighted by Crippen LogP contribution is 2.44. The number of hydrogen-bond acceptors (Lipinski definition) is 1. The Morgan fingerprint density at radius 1 is 0.962 bits per heavy atom. The van der Waals surface area contributed by atoms with E-state index in [4.69, 9.17) is 5.11 Å². The molecular weight excluding hydrogens is 334 g/mol. The van der Waals surface area contributed by atoms with Crippen molar-refractivity contribution < 1.29 is 18.7 Å². The van der Waals surface area contributed by atoms with Gasteiger partial charge >= 0.3 is 5.97 Å². The smallest absolute Gasteiger partial charge is 0.327 e. The maximum Gasteiger partial charge on any atom is 0.327 e. The van der Waals surface area contributed by atoms with Crippen molar-refractivity contribution in [1.29, 1.82) is 0 Å². The average molecular weight is 362 g/mol. The fourth-order valence-corrected chi connectivity index (χ4v) is 4.95. The Labute approximate surface area is 154 Å². The summed E-state index contributed by atoms with van der Waals surface area (Å²) in [4.78, 5) is 10.5. The van der Waals surface area contributed by atoms with E-state index in [-0.39, 0.29) is 0 Å². The number of carboxylic acid groups (broad SMARTS) is 1. The van der Waals surface area contributed by atoms with Gasteiger partial charge in [0, 0.05) is 6.08 Å².